The number of ether oxygens (including phenoxy) is 2. The van der Waals surface area contributed by atoms with Gasteiger partial charge < -0.3 is 9.64 Å². The first kappa shape index (κ1) is 26.1. The van der Waals surface area contributed by atoms with E-state index in [0.29, 0.717) is 5.57 Å². The topological polar surface area (TPSA) is 72.9 Å². The van der Waals surface area contributed by atoms with Crippen LogP contribution < -0.4 is 0 Å². The fraction of sp³-hybridized carbons (Fsp3) is 0.750. The van der Waals surface area contributed by atoms with Crippen molar-refractivity contribution in [1.82, 2.24) is 4.90 Å². The Kier molecular flexibility index (Phi) is 9.01. The van der Waals surface area contributed by atoms with Crippen LogP contribution in [0.4, 0.5) is 17.6 Å². The van der Waals surface area contributed by atoms with Crippen molar-refractivity contribution in [2.24, 2.45) is 0 Å². The van der Waals surface area contributed by atoms with Gasteiger partial charge in [0.05, 0.1) is 6.10 Å². The lowest BCUT2D eigenvalue weighted by Gasteiger charge is -2.30. The molecule has 1 aliphatic rings. The maximum absolute atomic E-state index is 14.1. The average molecular weight is 439 g/mol. The fourth-order valence-electron chi connectivity index (χ4n) is 3.13. The highest BCUT2D eigenvalue weighted by Crippen LogP contribution is 2.30. The Hall–Kier alpha value is -1.97. The fourth-order valence-corrected chi connectivity index (χ4v) is 3.13. The van der Waals surface area contributed by atoms with E-state index in [4.69, 9.17) is 4.74 Å². The number of nitrogens with zero attached hydrogens (tertiary/aromatic N) is 1. The van der Waals surface area contributed by atoms with Gasteiger partial charge in [0.15, 0.2) is 11.9 Å². The first-order valence-electron chi connectivity index (χ1n) is 9.64. The molecular weight excluding hydrogens is 410 g/mol. The maximum Gasteiger partial charge on any atom is 0.522 e. The minimum absolute atomic E-state index is 0.0231. The first-order chi connectivity index (χ1) is 13.6. The van der Waals surface area contributed by atoms with Crippen LogP contribution in [0, 0.1) is 0 Å². The molecule has 3 unspecified atom stereocenters. The number of rotatable bonds is 9. The zero-order chi connectivity index (χ0) is 23.3. The molecule has 0 aromatic heterocycles. The van der Waals surface area contributed by atoms with Crippen molar-refractivity contribution in [3.8, 4) is 0 Å². The predicted octanol–water partition coefficient (Wildman–Crippen LogP) is 3.88. The molecule has 0 saturated carbocycles. The van der Waals surface area contributed by atoms with E-state index in [-0.39, 0.29) is 32.1 Å². The summed E-state index contributed by atoms with van der Waals surface area (Å²) in [6, 6.07) is -1.21. The average Bonchev–Trinajstić information content (AvgIpc) is 2.57. The van der Waals surface area contributed by atoms with Crippen LogP contribution in [-0.2, 0) is 23.9 Å². The summed E-state index contributed by atoms with van der Waals surface area (Å²) in [5.74, 6) is -1.83. The maximum atomic E-state index is 14.1. The summed E-state index contributed by atoms with van der Waals surface area (Å²) in [4.78, 5) is 37.3. The molecule has 0 fully saturated rings. The Balaban J connectivity index is 2.84. The number of likely N-dealkylation sites (N-methyl/N-ethyl adjacent to an activating group) is 1. The SMILES string of the molecule is CC(=O)C(CC1=CCC(OC(F)(F)F)CC1)OC(=O)C(CC(C)(C)F)N(C)C(C)=O. The van der Waals surface area contributed by atoms with Crippen molar-refractivity contribution < 1.29 is 41.4 Å². The lowest BCUT2D eigenvalue weighted by molar-refractivity contribution is -0.343. The van der Waals surface area contributed by atoms with Crippen molar-refractivity contribution >= 4 is 17.7 Å². The smallest absolute Gasteiger partial charge is 0.452 e. The van der Waals surface area contributed by atoms with Crippen LogP contribution in [0.1, 0.15) is 59.8 Å². The van der Waals surface area contributed by atoms with E-state index in [1.165, 1.54) is 34.7 Å². The van der Waals surface area contributed by atoms with E-state index >= 15 is 0 Å². The number of esters is 1. The van der Waals surface area contributed by atoms with Gasteiger partial charge >= 0.3 is 12.3 Å². The van der Waals surface area contributed by atoms with Crippen LogP contribution in [0.5, 0.6) is 0 Å². The van der Waals surface area contributed by atoms with E-state index in [9.17, 15) is 31.9 Å². The van der Waals surface area contributed by atoms with Gasteiger partial charge in [-0.05, 0) is 40.0 Å². The van der Waals surface area contributed by atoms with Gasteiger partial charge in [-0.25, -0.2) is 9.18 Å². The third-order valence-electron chi connectivity index (χ3n) is 4.83. The van der Waals surface area contributed by atoms with Gasteiger partial charge in [-0.3, -0.25) is 14.3 Å². The van der Waals surface area contributed by atoms with Gasteiger partial charge in [0.2, 0.25) is 5.91 Å². The largest absolute Gasteiger partial charge is 0.522 e. The molecule has 0 aliphatic heterocycles. The molecule has 0 spiro atoms. The number of alkyl halides is 4. The van der Waals surface area contributed by atoms with E-state index in [1.807, 2.05) is 0 Å². The highest BCUT2D eigenvalue weighted by Gasteiger charge is 2.36. The molecule has 0 aromatic carbocycles. The number of carbonyl (C=O) groups is 3. The third kappa shape index (κ3) is 9.23. The van der Waals surface area contributed by atoms with Crippen molar-refractivity contribution in [2.45, 2.75) is 90.1 Å². The normalized spacial score (nSPS) is 19.5. The lowest BCUT2D eigenvalue weighted by atomic mass is 9.92. The van der Waals surface area contributed by atoms with E-state index in [0.717, 1.165) is 4.90 Å². The highest BCUT2D eigenvalue weighted by atomic mass is 19.4. The van der Waals surface area contributed by atoms with Gasteiger partial charge in [0, 0.05) is 26.8 Å². The molecule has 1 rings (SSSR count). The number of amides is 1. The van der Waals surface area contributed by atoms with Crippen LogP contribution in [0.3, 0.4) is 0 Å². The number of hydrogen-bond acceptors (Lipinski definition) is 5. The molecular formula is C20H29F4NO5. The zero-order valence-electron chi connectivity index (χ0n) is 17.8. The molecule has 10 heteroatoms. The Morgan fingerprint density at radius 2 is 1.80 bits per heavy atom. The monoisotopic (exact) mass is 439 g/mol. The van der Waals surface area contributed by atoms with Crippen molar-refractivity contribution in [3.05, 3.63) is 11.6 Å². The molecule has 1 amide bonds. The van der Waals surface area contributed by atoms with E-state index < -0.39 is 47.9 Å². The van der Waals surface area contributed by atoms with Gasteiger partial charge in [0.1, 0.15) is 11.7 Å². The van der Waals surface area contributed by atoms with Crippen LogP contribution in [-0.4, -0.2) is 59.9 Å². The van der Waals surface area contributed by atoms with Crippen molar-refractivity contribution in [1.29, 1.82) is 0 Å². The van der Waals surface area contributed by atoms with Crippen LogP contribution >= 0.6 is 0 Å². The predicted molar refractivity (Wildman–Crippen MR) is 100 cm³/mol. The molecule has 0 heterocycles. The number of carbonyl (C=O) groups excluding carboxylic acids is 3. The minimum Gasteiger partial charge on any atom is -0.452 e. The van der Waals surface area contributed by atoms with Crippen molar-refractivity contribution in [3.63, 3.8) is 0 Å². The molecule has 1 aliphatic carbocycles. The Morgan fingerprint density at radius 3 is 2.20 bits per heavy atom. The Labute approximate surface area is 173 Å². The number of Topliss-reactive ketones (excluding diaryl/α,β-unsaturated/α-hetero) is 1. The minimum atomic E-state index is -4.71. The molecule has 0 radical (unpaired) electrons. The summed E-state index contributed by atoms with van der Waals surface area (Å²) < 4.78 is 60.4. The molecule has 6 nitrogen and oxygen atoms in total. The van der Waals surface area contributed by atoms with E-state index in [2.05, 4.69) is 4.74 Å². The molecule has 172 valence electrons. The molecule has 0 saturated heterocycles. The summed E-state index contributed by atoms with van der Waals surface area (Å²) in [6.07, 6.45) is -5.21. The van der Waals surface area contributed by atoms with Gasteiger partial charge in [-0.2, -0.15) is 0 Å². The van der Waals surface area contributed by atoms with Crippen LogP contribution in [0.25, 0.3) is 0 Å². The number of hydrogen-bond donors (Lipinski definition) is 0. The van der Waals surface area contributed by atoms with Crippen LogP contribution in [0.2, 0.25) is 0 Å². The summed E-state index contributed by atoms with van der Waals surface area (Å²) >= 11 is 0. The first-order valence-corrected chi connectivity index (χ1v) is 9.64. The Morgan fingerprint density at radius 1 is 1.20 bits per heavy atom. The quantitative estimate of drug-likeness (QED) is 0.310. The molecule has 0 bridgehead atoms. The zero-order valence-corrected chi connectivity index (χ0v) is 17.8. The van der Waals surface area contributed by atoms with Gasteiger partial charge in [0.25, 0.3) is 0 Å². The summed E-state index contributed by atoms with van der Waals surface area (Å²) in [5, 5.41) is 0. The molecule has 30 heavy (non-hydrogen) atoms. The van der Waals surface area contributed by atoms with Crippen LogP contribution in [0.15, 0.2) is 11.6 Å². The highest BCUT2D eigenvalue weighted by molar-refractivity contribution is 5.87. The van der Waals surface area contributed by atoms with Crippen molar-refractivity contribution in [2.75, 3.05) is 7.05 Å². The molecule has 0 aromatic rings. The standard InChI is InChI=1S/C20H29F4NO5/c1-12(26)17(10-14-6-8-15(9-7-14)30-20(22,23)24)29-18(28)16(11-19(3,4)21)25(5)13(2)27/h6,15-17H,7-11H2,1-5H3. The molecule has 0 N–H and O–H groups in total. The molecule has 3 atom stereocenters. The lowest BCUT2D eigenvalue weighted by Crippen LogP contribution is -2.47. The third-order valence-corrected chi connectivity index (χ3v) is 4.83. The second-order valence-electron chi connectivity index (χ2n) is 8.13. The second-order valence-corrected chi connectivity index (χ2v) is 8.13. The van der Waals surface area contributed by atoms with Gasteiger partial charge in [-0.15, -0.1) is 13.2 Å². The Bertz CT molecular complexity index is 669. The number of ketones is 1. The summed E-state index contributed by atoms with van der Waals surface area (Å²) in [7, 11) is 1.34. The summed E-state index contributed by atoms with van der Waals surface area (Å²) in [6.45, 7) is 4.96. The second kappa shape index (κ2) is 10.4. The summed E-state index contributed by atoms with van der Waals surface area (Å²) in [5.41, 5.74) is -1.09. The number of halogens is 4. The van der Waals surface area contributed by atoms with Gasteiger partial charge in [-0.1, -0.05) is 11.6 Å². The van der Waals surface area contributed by atoms with E-state index in [1.54, 1.807) is 6.08 Å².